The van der Waals surface area contributed by atoms with Gasteiger partial charge in [-0.1, -0.05) is 0 Å². The molecule has 2 aliphatic carbocycles. The molecule has 3 aromatic rings. The van der Waals surface area contributed by atoms with E-state index in [-0.39, 0.29) is 41.4 Å². The maximum absolute atomic E-state index is 2.54. The SMILES string of the molecule is Cc1cc2c(cc1C)N(C)/C(=C/C1=CC3=C/C(=C/c4[te]c5cc(C)c(C)cc5[n+]4C)CCC3CC1)[Te]2. The molecular formula is C32H35N2Te2+. The van der Waals surface area contributed by atoms with E-state index in [2.05, 4.69) is 99.8 Å². The molecule has 4 heteroatoms. The van der Waals surface area contributed by atoms with Gasteiger partial charge in [-0.2, -0.15) is 0 Å². The second-order valence-corrected chi connectivity index (χ2v) is 16.9. The zero-order valence-corrected chi connectivity index (χ0v) is 26.9. The van der Waals surface area contributed by atoms with Gasteiger partial charge in [-0.25, -0.2) is 0 Å². The second-order valence-electron chi connectivity index (χ2n) is 10.8. The normalized spacial score (nSPS) is 21.7. The third-order valence-corrected chi connectivity index (χ3v) is 14.9. The van der Waals surface area contributed by atoms with E-state index in [4.69, 9.17) is 0 Å². The van der Waals surface area contributed by atoms with Crippen molar-refractivity contribution in [3.8, 4) is 0 Å². The number of nitrogens with zero attached hydrogens (tertiary/aromatic N) is 2. The van der Waals surface area contributed by atoms with Gasteiger partial charge in [0.15, 0.2) is 0 Å². The molecule has 1 unspecified atom stereocenters. The minimum atomic E-state index is -0.311. The molecule has 2 heterocycles. The Morgan fingerprint density at radius 3 is 2.44 bits per heavy atom. The predicted octanol–water partition coefficient (Wildman–Crippen LogP) is 5.72. The first kappa shape index (κ1) is 24.8. The number of rotatable bonds is 2. The van der Waals surface area contributed by atoms with Gasteiger partial charge in [0.25, 0.3) is 0 Å². The summed E-state index contributed by atoms with van der Waals surface area (Å²) in [5, 5.41) is 0. The van der Waals surface area contributed by atoms with E-state index in [9.17, 15) is 0 Å². The molecule has 6 rings (SSSR count). The Morgan fingerprint density at radius 2 is 1.61 bits per heavy atom. The molecule has 3 aliphatic rings. The Labute approximate surface area is 235 Å². The number of hydrogen-bond acceptors (Lipinski definition) is 1. The molecule has 0 bridgehead atoms. The van der Waals surface area contributed by atoms with Gasteiger partial charge in [-0.3, -0.25) is 0 Å². The molecular weight excluding hydrogens is 668 g/mol. The van der Waals surface area contributed by atoms with Crippen LogP contribution in [0.15, 0.2) is 63.0 Å². The number of aromatic nitrogens is 1. The van der Waals surface area contributed by atoms with E-state index in [0.29, 0.717) is 0 Å². The number of hydrogen-bond donors (Lipinski definition) is 0. The van der Waals surface area contributed by atoms with Crippen molar-refractivity contribution in [1.29, 1.82) is 0 Å². The molecule has 1 atom stereocenters. The molecule has 2 aromatic carbocycles. The third kappa shape index (κ3) is 4.50. The Hall–Kier alpha value is -1.55. The van der Waals surface area contributed by atoms with Gasteiger partial charge in [-0.15, -0.1) is 0 Å². The van der Waals surface area contributed by atoms with Crippen LogP contribution in [0.4, 0.5) is 5.69 Å². The molecule has 0 fully saturated rings. The summed E-state index contributed by atoms with van der Waals surface area (Å²) < 4.78 is 8.79. The Balaban J connectivity index is 1.30. The van der Waals surface area contributed by atoms with Crippen LogP contribution in [0.3, 0.4) is 0 Å². The van der Waals surface area contributed by atoms with Crippen molar-refractivity contribution < 1.29 is 4.57 Å². The van der Waals surface area contributed by atoms with Gasteiger partial charge in [0.1, 0.15) is 0 Å². The van der Waals surface area contributed by atoms with Crippen molar-refractivity contribution in [3.63, 3.8) is 0 Å². The van der Waals surface area contributed by atoms with E-state index >= 15 is 0 Å². The third-order valence-electron chi connectivity index (χ3n) is 8.32. The Bertz CT molecular complexity index is 1530. The fourth-order valence-electron chi connectivity index (χ4n) is 5.64. The molecule has 1 aromatic heterocycles. The van der Waals surface area contributed by atoms with Crippen LogP contribution >= 0.6 is 0 Å². The number of aryl methyl sites for hydroxylation is 5. The van der Waals surface area contributed by atoms with Crippen LogP contribution in [0, 0.1) is 33.6 Å². The fraction of sp³-hybridized carbons (Fsp3) is 0.344. The van der Waals surface area contributed by atoms with Gasteiger partial charge >= 0.3 is 237 Å². The summed E-state index contributed by atoms with van der Waals surface area (Å²) in [5.41, 5.74) is 13.2. The molecule has 36 heavy (non-hydrogen) atoms. The van der Waals surface area contributed by atoms with Crippen LogP contribution in [0.5, 0.6) is 0 Å². The van der Waals surface area contributed by atoms with E-state index in [1.165, 1.54) is 70.3 Å². The summed E-state index contributed by atoms with van der Waals surface area (Å²) in [7, 11) is 4.54. The summed E-state index contributed by atoms with van der Waals surface area (Å²) in [6.07, 6.45) is 15.2. The van der Waals surface area contributed by atoms with Crippen LogP contribution in [0.2, 0.25) is 0 Å². The summed E-state index contributed by atoms with van der Waals surface area (Å²) in [6.45, 7) is 8.97. The zero-order chi connectivity index (χ0) is 25.1. The van der Waals surface area contributed by atoms with Crippen molar-refractivity contribution in [2.75, 3.05) is 11.9 Å². The van der Waals surface area contributed by atoms with Crippen molar-refractivity contribution in [2.24, 2.45) is 13.0 Å². The second kappa shape index (κ2) is 9.64. The number of benzene rings is 2. The molecule has 0 spiro atoms. The van der Waals surface area contributed by atoms with Crippen molar-refractivity contribution in [3.05, 3.63) is 88.9 Å². The van der Waals surface area contributed by atoms with Crippen molar-refractivity contribution in [2.45, 2.75) is 53.4 Å². The van der Waals surface area contributed by atoms with Crippen LogP contribution in [-0.4, -0.2) is 48.4 Å². The maximum atomic E-state index is 2.54. The predicted molar refractivity (Wildman–Crippen MR) is 155 cm³/mol. The van der Waals surface area contributed by atoms with Crippen LogP contribution < -0.4 is 13.1 Å². The first-order chi connectivity index (χ1) is 17.3. The molecule has 0 saturated carbocycles. The van der Waals surface area contributed by atoms with Crippen LogP contribution in [0.25, 0.3) is 15.0 Å². The fourth-order valence-corrected chi connectivity index (χ4v) is 12.5. The average Bonchev–Trinajstić information content (AvgIpc) is 3.30. The molecule has 0 N–H and O–H groups in total. The van der Waals surface area contributed by atoms with E-state index in [0.717, 1.165) is 5.92 Å². The summed E-state index contributed by atoms with van der Waals surface area (Å²) in [6, 6.07) is 9.67. The summed E-state index contributed by atoms with van der Waals surface area (Å²) in [5.74, 6) is 0.745. The Morgan fingerprint density at radius 1 is 0.889 bits per heavy atom. The average molecular weight is 703 g/mol. The standard InChI is InChI=1S/C32H35N2Te2/c1-19-11-27-29(13-21(19)3)35-31(33(27)5)17-23-7-9-25-10-8-24(16-26(25)15-23)18-32-34(6)28-12-20(2)22(4)14-30(28)36-32/h11-18,25H,7-10H2,1-6H3/q+1. The van der Waals surface area contributed by atoms with Gasteiger partial charge in [-0.05, 0) is 0 Å². The Kier molecular flexibility index (Phi) is 6.63. The molecule has 0 amide bonds. The first-order valence-corrected chi connectivity index (χ1v) is 17.7. The van der Waals surface area contributed by atoms with E-state index in [1.807, 2.05) is 0 Å². The minimum absolute atomic E-state index is 0.311. The van der Waals surface area contributed by atoms with Crippen LogP contribution in [0.1, 0.15) is 51.6 Å². The number of anilines is 1. The summed E-state index contributed by atoms with van der Waals surface area (Å²) in [4.78, 5) is 2.47. The quantitative estimate of drug-likeness (QED) is 0.245. The molecule has 1 aliphatic heterocycles. The summed E-state index contributed by atoms with van der Waals surface area (Å²) >= 11 is -0.621. The van der Waals surface area contributed by atoms with Gasteiger partial charge in [0.05, 0.1) is 0 Å². The van der Waals surface area contributed by atoms with E-state index in [1.54, 1.807) is 20.0 Å². The molecule has 0 saturated heterocycles. The van der Waals surface area contributed by atoms with Gasteiger partial charge in [0, 0.05) is 0 Å². The number of allylic oxidation sites excluding steroid dienone is 6. The topological polar surface area (TPSA) is 7.12 Å². The van der Waals surface area contributed by atoms with E-state index < -0.39 is 0 Å². The van der Waals surface area contributed by atoms with Crippen molar-refractivity contribution in [1.82, 2.24) is 0 Å². The van der Waals surface area contributed by atoms with Gasteiger partial charge in [0.2, 0.25) is 0 Å². The van der Waals surface area contributed by atoms with Crippen molar-refractivity contribution >= 4 is 65.6 Å². The molecule has 0 radical (unpaired) electrons. The molecule has 2 nitrogen and oxygen atoms in total. The monoisotopic (exact) mass is 707 g/mol. The number of fused-ring (bicyclic) bond motifs is 3. The zero-order valence-electron chi connectivity index (χ0n) is 22.2. The van der Waals surface area contributed by atoms with Crippen LogP contribution in [-0.2, 0) is 7.05 Å². The first-order valence-electron chi connectivity index (χ1n) is 13.0. The molecule has 184 valence electrons. The van der Waals surface area contributed by atoms with Gasteiger partial charge < -0.3 is 0 Å².